The highest BCUT2D eigenvalue weighted by atomic mass is 16.5. The number of unbranched alkanes of at least 4 members (excludes halogenated alkanes) is 1. The number of rotatable bonds is 10. The minimum absolute atomic E-state index is 0.522. The molecule has 1 rings (SSSR count). The van der Waals surface area contributed by atoms with E-state index >= 15 is 0 Å². The zero-order valence-electron chi connectivity index (χ0n) is 12.4. The second kappa shape index (κ2) is 10.1. The van der Waals surface area contributed by atoms with Crippen molar-refractivity contribution in [2.24, 2.45) is 0 Å². The van der Waals surface area contributed by atoms with E-state index in [1.807, 2.05) is 18.2 Å². The van der Waals surface area contributed by atoms with Gasteiger partial charge in [-0.3, -0.25) is 0 Å². The Morgan fingerprint density at radius 1 is 1.20 bits per heavy atom. The third-order valence-electron chi connectivity index (χ3n) is 2.77. The molecule has 0 aromatic heterocycles. The molecule has 0 radical (unpaired) electrons. The average Bonchev–Trinajstić information content (AvgIpc) is 2.48. The van der Waals surface area contributed by atoms with E-state index in [4.69, 9.17) is 14.7 Å². The molecule has 0 amide bonds. The average molecular weight is 276 g/mol. The van der Waals surface area contributed by atoms with Gasteiger partial charge < -0.3 is 14.8 Å². The van der Waals surface area contributed by atoms with Crippen LogP contribution >= 0.6 is 0 Å². The van der Waals surface area contributed by atoms with E-state index in [1.165, 1.54) is 0 Å². The van der Waals surface area contributed by atoms with E-state index in [2.05, 4.69) is 25.2 Å². The molecule has 0 aliphatic heterocycles. The smallest absolute Gasteiger partial charge is 0.127 e. The number of hydrogen-bond acceptors (Lipinski definition) is 4. The molecule has 0 aliphatic rings. The van der Waals surface area contributed by atoms with E-state index in [1.54, 1.807) is 0 Å². The van der Waals surface area contributed by atoms with Crippen molar-refractivity contribution in [1.29, 1.82) is 5.26 Å². The van der Waals surface area contributed by atoms with Crippen LogP contribution in [-0.4, -0.2) is 19.8 Å². The van der Waals surface area contributed by atoms with Crippen molar-refractivity contribution in [3.05, 3.63) is 23.8 Å². The fourth-order valence-electron chi connectivity index (χ4n) is 1.72. The number of nitriles is 1. The Hall–Kier alpha value is -1.73. The molecule has 0 unspecified atom stereocenters. The van der Waals surface area contributed by atoms with Gasteiger partial charge in [-0.1, -0.05) is 19.9 Å². The summed E-state index contributed by atoms with van der Waals surface area (Å²) in [6.45, 7) is 7.12. The van der Waals surface area contributed by atoms with Crippen LogP contribution in [0, 0.1) is 11.3 Å². The quantitative estimate of drug-likeness (QED) is 0.666. The van der Waals surface area contributed by atoms with Gasteiger partial charge in [0.15, 0.2) is 0 Å². The van der Waals surface area contributed by atoms with Crippen molar-refractivity contribution in [3.8, 4) is 17.6 Å². The van der Waals surface area contributed by atoms with Crippen molar-refractivity contribution in [2.45, 2.75) is 39.7 Å². The maximum absolute atomic E-state index is 8.54. The normalized spacial score (nSPS) is 10.1. The van der Waals surface area contributed by atoms with Crippen LogP contribution in [-0.2, 0) is 6.54 Å². The molecular formula is C16H24N2O2. The maximum Gasteiger partial charge on any atom is 0.127 e. The summed E-state index contributed by atoms with van der Waals surface area (Å²) in [5, 5.41) is 11.8. The summed E-state index contributed by atoms with van der Waals surface area (Å²) >= 11 is 0. The number of nitrogens with one attached hydrogen (secondary N) is 1. The maximum atomic E-state index is 8.54. The molecule has 0 saturated heterocycles. The van der Waals surface area contributed by atoms with E-state index in [9.17, 15) is 0 Å². The van der Waals surface area contributed by atoms with E-state index in [0.717, 1.165) is 43.0 Å². The van der Waals surface area contributed by atoms with E-state index in [-0.39, 0.29) is 0 Å². The summed E-state index contributed by atoms with van der Waals surface area (Å²) in [5.74, 6) is 1.68. The predicted molar refractivity (Wildman–Crippen MR) is 80.0 cm³/mol. The van der Waals surface area contributed by atoms with Gasteiger partial charge in [0.25, 0.3) is 0 Å². The molecule has 1 aromatic rings. The van der Waals surface area contributed by atoms with Crippen LogP contribution in [0.4, 0.5) is 0 Å². The number of ether oxygens (including phenoxy) is 2. The van der Waals surface area contributed by atoms with Crippen LogP contribution in [0.1, 0.15) is 38.7 Å². The Kier molecular flexibility index (Phi) is 8.25. The van der Waals surface area contributed by atoms with Crippen LogP contribution in [0.25, 0.3) is 0 Å². The van der Waals surface area contributed by atoms with Crippen molar-refractivity contribution < 1.29 is 9.47 Å². The first-order chi connectivity index (χ1) is 9.81. The largest absolute Gasteiger partial charge is 0.493 e. The lowest BCUT2D eigenvalue weighted by molar-refractivity contribution is 0.296. The molecule has 1 N–H and O–H groups in total. The Bertz CT molecular complexity index is 427. The second-order valence-electron chi connectivity index (χ2n) is 4.51. The van der Waals surface area contributed by atoms with Gasteiger partial charge in [-0.15, -0.1) is 0 Å². The highest BCUT2D eigenvalue weighted by molar-refractivity contribution is 5.40. The molecule has 0 spiro atoms. The van der Waals surface area contributed by atoms with Crippen LogP contribution in [0.15, 0.2) is 18.2 Å². The third kappa shape index (κ3) is 5.94. The zero-order chi connectivity index (χ0) is 14.6. The van der Waals surface area contributed by atoms with E-state index < -0.39 is 0 Å². The summed E-state index contributed by atoms with van der Waals surface area (Å²) in [6, 6.07) is 8.08. The van der Waals surface area contributed by atoms with Crippen molar-refractivity contribution in [3.63, 3.8) is 0 Å². The first kappa shape index (κ1) is 16.3. The van der Waals surface area contributed by atoms with Gasteiger partial charge >= 0.3 is 0 Å². The van der Waals surface area contributed by atoms with Gasteiger partial charge in [-0.25, -0.2) is 0 Å². The first-order valence-corrected chi connectivity index (χ1v) is 7.28. The standard InChI is InChI=1S/C16H24N2O2/c1-3-10-19-15-8-7-14(13-18-4-2)16(12-15)20-11-6-5-9-17/h7-8,12,18H,3-6,10-11,13H2,1-2H3. The Balaban J connectivity index is 2.69. The fourth-order valence-corrected chi connectivity index (χ4v) is 1.72. The summed E-state index contributed by atoms with van der Waals surface area (Å²) in [7, 11) is 0. The first-order valence-electron chi connectivity index (χ1n) is 7.28. The molecule has 0 bridgehead atoms. The molecule has 0 atom stereocenters. The summed E-state index contributed by atoms with van der Waals surface area (Å²) in [5.41, 5.74) is 1.12. The van der Waals surface area contributed by atoms with Gasteiger partial charge in [0.2, 0.25) is 0 Å². The Morgan fingerprint density at radius 3 is 2.75 bits per heavy atom. The van der Waals surface area contributed by atoms with Crippen LogP contribution in [0.2, 0.25) is 0 Å². The highest BCUT2D eigenvalue weighted by Crippen LogP contribution is 2.25. The molecular weight excluding hydrogens is 252 g/mol. The molecule has 4 heteroatoms. The second-order valence-corrected chi connectivity index (χ2v) is 4.51. The molecule has 20 heavy (non-hydrogen) atoms. The number of nitrogens with zero attached hydrogens (tertiary/aromatic N) is 1. The monoisotopic (exact) mass is 276 g/mol. The van der Waals surface area contributed by atoms with Gasteiger partial charge in [-0.2, -0.15) is 5.26 Å². The lowest BCUT2D eigenvalue weighted by atomic mass is 10.2. The minimum Gasteiger partial charge on any atom is -0.493 e. The molecule has 0 saturated carbocycles. The molecule has 1 aromatic carbocycles. The van der Waals surface area contributed by atoms with Crippen molar-refractivity contribution in [1.82, 2.24) is 5.32 Å². The molecule has 0 heterocycles. The molecule has 0 fully saturated rings. The minimum atomic E-state index is 0.522. The lowest BCUT2D eigenvalue weighted by Crippen LogP contribution is -2.13. The van der Waals surface area contributed by atoms with Gasteiger partial charge in [-0.05, 0) is 25.5 Å². The van der Waals surface area contributed by atoms with Crippen LogP contribution in [0.5, 0.6) is 11.5 Å². The Labute approximate surface area is 121 Å². The zero-order valence-corrected chi connectivity index (χ0v) is 12.4. The summed E-state index contributed by atoms with van der Waals surface area (Å²) in [6.07, 6.45) is 2.25. The van der Waals surface area contributed by atoms with Gasteiger partial charge in [0.05, 0.1) is 19.3 Å². The predicted octanol–water partition coefficient (Wildman–Crippen LogP) is 3.27. The van der Waals surface area contributed by atoms with Gasteiger partial charge in [0.1, 0.15) is 11.5 Å². The summed E-state index contributed by atoms with van der Waals surface area (Å²) in [4.78, 5) is 0. The SMILES string of the molecule is CCCOc1ccc(CNCC)c(OCCCC#N)c1. The topological polar surface area (TPSA) is 54.3 Å². The molecule has 0 aliphatic carbocycles. The van der Waals surface area contributed by atoms with Crippen molar-refractivity contribution in [2.75, 3.05) is 19.8 Å². The summed E-state index contributed by atoms with van der Waals surface area (Å²) < 4.78 is 11.4. The van der Waals surface area contributed by atoms with Gasteiger partial charge in [0, 0.05) is 24.6 Å². The van der Waals surface area contributed by atoms with Crippen LogP contribution < -0.4 is 14.8 Å². The lowest BCUT2D eigenvalue weighted by Gasteiger charge is -2.14. The van der Waals surface area contributed by atoms with Crippen LogP contribution in [0.3, 0.4) is 0 Å². The third-order valence-corrected chi connectivity index (χ3v) is 2.77. The fraction of sp³-hybridized carbons (Fsp3) is 0.562. The van der Waals surface area contributed by atoms with E-state index in [0.29, 0.717) is 19.6 Å². The highest BCUT2D eigenvalue weighted by Gasteiger charge is 2.06. The number of hydrogen-bond donors (Lipinski definition) is 1. The molecule has 110 valence electrons. The number of benzene rings is 1. The Morgan fingerprint density at radius 2 is 2.05 bits per heavy atom. The van der Waals surface area contributed by atoms with Crippen molar-refractivity contribution >= 4 is 0 Å². The molecule has 4 nitrogen and oxygen atoms in total.